The molecule has 1 aliphatic heterocycles. The van der Waals surface area contributed by atoms with Crippen LogP contribution in [0.1, 0.15) is 0 Å². The van der Waals surface area contributed by atoms with Crippen LogP contribution in [0.4, 0.5) is 0 Å². The Morgan fingerprint density at radius 3 is 2.90 bits per heavy atom. The fourth-order valence-electron chi connectivity index (χ4n) is 1.04. The minimum atomic E-state index is -0.231. The molecule has 1 saturated heterocycles. The van der Waals surface area contributed by atoms with Crippen molar-refractivity contribution in [3.63, 3.8) is 0 Å². The largest absolute Gasteiger partial charge is 0.467 e. The van der Waals surface area contributed by atoms with Crippen LogP contribution in [-0.4, -0.2) is 44.3 Å². The van der Waals surface area contributed by atoms with E-state index in [1.165, 1.54) is 7.11 Å². The van der Waals surface area contributed by atoms with Crippen molar-refractivity contribution in [1.82, 2.24) is 10.2 Å². The highest BCUT2D eigenvalue weighted by molar-refractivity contribution is 5.75. The SMILES string of the molecule is COC(=O)C1NCCN1C. The second-order valence-corrected chi connectivity index (χ2v) is 2.36. The van der Waals surface area contributed by atoms with Crippen LogP contribution in [-0.2, 0) is 9.53 Å². The van der Waals surface area contributed by atoms with Crippen LogP contribution in [0.5, 0.6) is 0 Å². The van der Waals surface area contributed by atoms with Crippen molar-refractivity contribution in [2.24, 2.45) is 0 Å². The first-order chi connectivity index (χ1) is 4.75. The molecular weight excluding hydrogens is 132 g/mol. The molecule has 0 aliphatic carbocycles. The number of hydrogen-bond donors (Lipinski definition) is 1. The summed E-state index contributed by atoms with van der Waals surface area (Å²) in [6, 6.07) is 0. The van der Waals surface area contributed by atoms with Crippen LogP contribution in [0, 0.1) is 0 Å². The molecule has 10 heavy (non-hydrogen) atoms. The van der Waals surface area contributed by atoms with E-state index in [9.17, 15) is 4.79 Å². The number of methoxy groups -OCH3 is 1. The van der Waals surface area contributed by atoms with Crippen LogP contribution in [0.2, 0.25) is 0 Å². The number of ether oxygens (including phenoxy) is 1. The number of esters is 1. The normalized spacial score (nSPS) is 26.8. The van der Waals surface area contributed by atoms with Crippen molar-refractivity contribution in [3.05, 3.63) is 0 Å². The summed E-state index contributed by atoms with van der Waals surface area (Å²) in [6.45, 7) is 1.76. The Morgan fingerprint density at radius 2 is 2.50 bits per heavy atom. The third-order valence-corrected chi connectivity index (χ3v) is 1.67. The first-order valence-corrected chi connectivity index (χ1v) is 3.27. The van der Waals surface area contributed by atoms with Crippen molar-refractivity contribution in [1.29, 1.82) is 0 Å². The smallest absolute Gasteiger partial charge is 0.338 e. The van der Waals surface area contributed by atoms with Gasteiger partial charge in [0, 0.05) is 13.1 Å². The Morgan fingerprint density at radius 1 is 1.80 bits per heavy atom. The Balaban J connectivity index is 2.46. The van der Waals surface area contributed by atoms with E-state index in [4.69, 9.17) is 0 Å². The Bertz CT molecular complexity index is 138. The maximum atomic E-state index is 10.9. The predicted molar refractivity (Wildman–Crippen MR) is 36.4 cm³/mol. The van der Waals surface area contributed by atoms with Crippen LogP contribution < -0.4 is 5.32 Å². The molecule has 1 aliphatic rings. The lowest BCUT2D eigenvalue weighted by atomic mass is 10.5. The number of carbonyl (C=O) groups is 1. The second-order valence-electron chi connectivity index (χ2n) is 2.36. The number of rotatable bonds is 1. The molecule has 1 N–H and O–H groups in total. The number of nitrogens with one attached hydrogen (secondary N) is 1. The molecule has 0 aromatic carbocycles. The summed E-state index contributed by atoms with van der Waals surface area (Å²) < 4.78 is 4.56. The van der Waals surface area contributed by atoms with E-state index in [0.717, 1.165) is 13.1 Å². The van der Waals surface area contributed by atoms with Crippen molar-refractivity contribution in [2.75, 3.05) is 27.2 Å². The lowest BCUT2D eigenvalue weighted by Gasteiger charge is -2.15. The molecule has 1 atom stereocenters. The average molecular weight is 144 g/mol. The molecule has 0 spiro atoms. The minimum Gasteiger partial charge on any atom is -0.467 e. The van der Waals surface area contributed by atoms with Gasteiger partial charge >= 0.3 is 5.97 Å². The molecular formula is C6H12N2O2. The Hall–Kier alpha value is -0.610. The Labute approximate surface area is 60.1 Å². The zero-order chi connectivity index (χ0) is 7.56. The monoisotopic (exact) mass is 144 g/mol. The average Bonchev–Trinajstić information content (AvgIpc) is 2.34. The van der Waals surface area contributed by atoms with Crippen LogP contribution in [0.3, 0.4) is 0 Å². The standard InChI is InChI=1S/C6H12N2O2/c1-8-4-3-7-5(8)6(9)10-2/h5,7H,3-4H2,1-2H3. The molecule has 4 heteroatoms. The molecule has 0 bridgehead atoms. The molecule has 0 aromatic heterocycles. The lowest BCUT2D eigenvalue weighted by molar-refractivity contribution is -0.146. The first-order valence-electron chi connectivity index (χ1n) is 3.27. The summed E-state index contributed by atoms with van der Waals surface area (Å²) >= 11 is 0. The van der Waals surface area contributed by atoms with E-state index >= 15 is 0 Å². The molecule has 4 nitrogen and oxygen atoms in total. The third-order valence-electron chi connectivity index (χ3n) is 1.67. The van der Waals surface area contributed by atoms with Gasteiger partial charge in [0.25, 0.3) is 0 Å². The summed E-state index contributed by atoms with van der Waals surface area (Å²) in [5.41, 5.74) is 0. The maximum absolute atomic E-state index is 10.9. The molecule has 0 radical (unpaired) electrons. The molecule has 0 amide bonds. The van der Waals surface area contributed by atoms with Gasteiger partial charge in [-0.15, -0.1) is 0 Å². The number of nitrogens with zero attached hydrogens (tertiary/aromatic N) is 1. The summed E-state index contributed by atoms with van der Waals surface area (Å²) in [6.07, 6.45) is -0.231. The molecule has 0 aromatic rings. The third kappa shape index (κ3) is 1.27. The molecule has 1 unspecified atom stereocenters. The van der Waals surface area contributed by atoms with E-state index in [1.807, 2.05) is 11.9 Å². The highest BCUT2D eigenvalue weighted by Crippen LogP contribution is 1.99. The summed E-state index contributed by atoms with van der Waals surface area (Å²) in [5.74, 6) is -0.208. The van der Waals surface area contributed by atoms with Crippen molar-refractivity contribution < 1.29 is 9.53 Å². The van der Waals surface area contributed by atoms with Gasteiger partial charge in [0.1, 0.15) is 0 Å². The van der Waals surface area contributed by atoms with Gasteiger partial charge < -0.3 is 4.74 Å². The summed E-state index contributed by atoms with van der Waals surface area (Å²) in [7, 11) is 3.29. The van der Waals surface area contributed by atoms with Gasteiger partial charge in [-0.1, -0.05) is 0 Å². The number of likely N-dealkylation sites (N-methyl/N-ethyl adjacent to an activating group) is 1. The Kier molecular flexibility index (Phi) is 2.24. The maximum Gasteiger partial charge on any atom is 0.338 e. The molecule has 58 valence electrons. The van der Waals surface area contributed by atoms with Gasteiger partial charge in [-0.05, 0) is 7.05 Å². The molecule has 1 rings (SSSR count). The fourth-order valence-corrected chi connectivity index (χ4v) is 1.04. The lowest BCUT2D eigenvalue weighted by Crippen LogP contribution is -2.41. The van der Waals surface area contributed by atoms with Crippen molar-refractivity contribution in [2.45, 2.75) is 6.17 Å². The first kappa shape index (κ1) is 7.50. The quantitative estimate of drug-likeness (QED) is 0.480. The van der Waals surface area contributed by atoms with E-state index in [0.29, 0.717) is 0 Å². The highest BCUT2D eigenvalue weighted by Gasteiger charge is 2.27. The van der Waals surface area contributed by atoms with E-state index < -0.39 is 0 Å². The van der Waals surface area contributed by atoms with Gasteiger partial charge in [-0.2, -0.15) is 0 Å². The zero-order valence-corrected chi connectivity index (χ0v) is 6.26. The summed E-state index contributed by atoms with van der Waals surface area (Å²) in [4.78, 5) is 12.8. The summed E-state index contributed by atoms with van der Waals surface area (Å²) in [5, 5.41) is 3.01. The van der Waals surface area contributed by atoms with E-state index in [1.54, 1.807) is 0 Å². The number of carbonyl (C=O) groups excluding carboxylic acids is 1. The van der Waals surface area contributed by atoms with E-state index in [-0.39, 0.29) is 12.1 Å². The van der Waals surface area contributed by atoms with E-state index in [2.05, 4.69) is 10.1 Å². The van der Waals surface area contributed by atoms with Crippen LogP contribution >= 0.6 is 0 Å². The zero-order valence-electron chi connectivity index (χ0n) is 6.26. The number of hydrogen-bond acceptors (Lipinski definition) is 4. The van der Waals surface area contributed by atoms with Crippen molar-refractivity contribution in [3.8, 4) is 0 Å². The fraction of sp³-hybridized carbons (Fsp3) is 0.833. The molecule has 0 saturated carbocycles. The second kappa shape index (κ2) is 2.98. The van der Waals surface area contributed by atoms with Crippen LogP contribution in [0.15, 0.2) is 0 Å². The van der Waals surface area contributed by atoms with Gasteiger partial charge in [-0.25, -0.2) is 4.79 Å². The predicted octanol–water partition coefficient (Wildman–Crippen LogP) is -0.979. The van der Waals surface area contributed by atoms with Crippen LogP contribution in [0.25, 0.3) is 0 Å². The van der Waals surface area contributed by atoms with Gasteiger partial charge in [-0.3, -0.25) is 10.2 Å². The van der Waals surface area contributed by atoms with Gasteiger partial charge in [0.2, 0.25) is 0 Å². The molecule has 1 fully saturated rings. The highest BCUT2D eigenvalue weighted by atomic mass is 16.5. The van der Waals surface area contributed by atoms with Gasteiger partial charge in [0.15, 0.2) is 6.17 Å². The minimum absolute atomic E-state index is 0.208. The van der Waals surface area contributed by atoms with Crippen molar-refractivity contribution >= 4 is 5.97 Å². The molecule has 1 heterocycles. The topological polar surface area (TPSA) is 41.6 Å². The van der Waals surface area contributed by atoms with Gasteiger partial charge in [0.05, 0.1) is 7.11 Å².